The molecule has 0 bridgehead atoms. The number of aliphatic hydroxyl groups excluding tert-OH is 1. The van der Waals surface area contributed by atoms with E-state index in [1.54, 1.807) is 44.1 Å². The first-order valence-electron chi connectivity index (χ1n) is 13.9. The van der Waals surface area contributed by atoms with Crippen molar-refractivity contribution in [2.24, 2.45) is 29.2 Å². The lowest BCUT2D eigenvalue weighted by Gasteiger charge is -2.52. The van der Waals surface area contributed by atoms with Crippen LogP contribution in [0.3, 0.4) is 0 Å². The van der Waals surface area contributed by atoms with Gasteiger partial charge in [-0.2, -0.15) is 0 Å². The first-order valence-corrected chi connectivity index (χ1v) is 13.9. The summed E-state index contributed by atoms with van der Waals surface area (Å²) in [6.45, 7) is 2.16. The molecule has 4 atom stereocenters. The van der Waals surface area contributed by atoms with Crippen LogP contribution < -0.4 is 22.3 Å². The number of nitrogens with zero attached hydrogens (tertiary/aromatic N) is 2. The third-order valence-corrected chi connectivity index (χ3v) is 8.45. The lowest BCUT2D eigenvalue weighted by molar-refractivity contribution is -0.155. The molecule has 0 heterocycles. The first kappa shape index (κ1) is 31.6. The van der Waals surface area contributed by atoms with Crippen LogP contribution in [0.25, 0.3) is 0 Å². The van der Waals surface area contributed by atoms with Crippen LogP contribution in [-0.4, -0.2) is 85.0 Å². The third-order valence-electron chi connectivity index (χ3n) is 8.45. The van der Waals surface area contributed by atoms with Crippen molar-refractivity contribution < 1.29 is 39.0 Å². The minimum Gasteiger partial charge on any atom is -0.510 e. The largest absolute Gasteiger partial charge is 0.510 e. The Labute approximate surface area is 249 Å². The summed E-state index contributed by atoms with van der Waals surface area (Å²) in [6.07, 6.45) is 1.85. The summed E-state index contributed by atoms with van der Waals surface area (Å²) in [6, 6.07) is 0.638. The van der Waals surface area contributed by atoms with E-state index in [0.717, 1.165) is 6.42 Å². The maximum atomic E-state index is 14.2. The van der Waals surface area contributed by atoms with Crippen molar-refractivity contribution in [2.75, 3.05) is 39.7 Å². The average Bonchev–Trinajstić information content (AvgIpc) is 2.92. The van der Waals surface area contributed by atoms with Gasteiger partial charge in [0.1, 0.15) is 17.1 Å². The zero-order valence-corrected chi connectivity index (χ0v) is 24.8. The third kappa shape index (κ3) is 4.91. The molecule has 13 heteroatoms. The van der Waals surface area contributed by atoms with Crippen LogP contribution in [0.1, 0.15) is 47.7 Å². The van der Waals surface area contributed by atoms with E-state index in [0.29, 0.717) is 17.7 Å². The number of carbonyl (C=O) groups is 4. The van der Waals surface area contributed by atoms with Crippen LogP contribution >= 0.6 is 0 Å². The Hall–Kier alpha value is -4.38. The number of amides is 1. The van der Waals surface area contributed by atoms with Gasteiger partial charge in [-0.3, -0.25) is 24.1 Å². The number of likely N-dealkylation sites (N-methyl/N-ethyl adjacent to an activating group) is 1. The second-order valence-corrected chi connectivity index (χ2v) is 11.4. The number of primary amides is 1. The van der Waals surface area contributed by atoms with Crippen molar-refractivity contribution >= 4 is 29.1 Å². The SMILES string of the molecule is CCCCOC(=O)C#Cc1cc(N(C)C)c2c(c1O)C(=O)C1=C(N)[C@]3(ON)C(=O)C(C(N)=O)=C(O)[C@@H](N(C)C)[C@@H]3C[C@@H]1C2. The summed E-state index contributed by atoms with van der Waals surface area (Å²) < 4.78 is 5.07. The van der Waals surface area contributed by atoms with Gasteiger partial charge in [0.25, 0.3) is 5.91 Å². The van der Waals surface area contributed by atoms with E-state index in [1.807, 2.05) is 6.92 Å². The molecule has 8 N–H and O–H groups in total. The monoisotopic (exact) mass is 595 g/mol. The standard InChI is InChI=1S/C30H37N5O8/c1-6-7-10-42-19(36)9-8-14-13-18(34(2)3)16-11-15-12-17-23(35(4)5)26(39)22(29(32)41)28(40)30(17,43-33)27(31)20(15)25(38)21(16)24(14)37/h13,15,17,23,37,39H,6-7,10-12,31,33H2,1-5H3,(H2,32,41)/t15-,17-,23-,30-/m0/s1. The maximum absolute atomic E-state index is 14.2. The van der Waals surface area contributed by atoms with Crippen molar-refractivity contribution in [3.63, 3.8) is 0 Å². The number of esters is 1. The Bertz CT molecular complexity index is 1530. The van der Waals surface area contributed by atoms with Crippen molar-refractivity contribution in [3.05, 3.63) is 45.4 Å². The van der Waals surface area contributed by atoms with Crippen LogP contribution in [0.4, 0.5) is 5.69 Å². The molecule has 13 nitrogen and oxygen atoms in total. The Morgan fingerprint density at radius 2 is 1.86 bits per heavy atom. The molecule has 43 heavy (non-hydrogen) atoms. The fourth-order valence-corrected chi connectivity index (χ4v) is 6.52. The molecular weight excluding hydrogens is 558 g/mol. The van der Waals surface area contributed by atoms with Gasteiger partial charge < -0.3 is 31.3 Å². The molecule has 0 saturated carbocycles. The zero-order valence-electron chi connectivity index (χ0n) is 24.8. The number of rotatable bonds is 7. The van der Waals surface area contributed by atoms with Crippen LogP contribution in [0.2, 0.25) is 0 Å². The quantitative estimate of drug-likeness (QED) is 0.0939. The lowest BCUT2D eigenvalue weighted by atomic mass is 9.58. The molecule has 0 aliphatic heterocycles. The number of allylic oxidation sites excluding steroid dienone is 1. The molecule has 3 aliphatic rings. The number of carbonyl (C=O) groups excluding carboxylic acids is 4. The second kappa shape index (κ2) is 11.7. The number of fused-ring (bicyclic) bond motifs is 3. The highest BCUT2D eigenvalue weighted by Crippen LogP contribution is 2.53. The number of unbranched alkanes of at least 4 members (excludes halogenated alkanes) is 1. The fraction of sp³-hybridized carbons (Fsp3) is 0.467. The number of ether oxygens (including phenoxy) is 1. The predicted molar refractivity (Wildman–Crippen MR) is 155 cm³/mol. The summed E-state index contributed by atoms with van der Waals surface area (Å²) >= 11 is 0. The Morgan fingerprint density at radius 3 is 2.42 bits per heavy atom. The van der Waals surface area contributed by atoms with E-state index in [1.165, 1.54) is 0 Å². The number of Topliss-reactive ketones (excluding diaryl/α,β-unsaturated/α-hetero) is 2. The van der Waals surface area contributed by atoms with Gasteiger partial charge in [-0.1, -0.05) is 19.3 Å². The molecular formula is C30H37N5O8. The molecule has 1 amide bonds. The molecule has 3 aliphatic carbocycles. The topological polar surface area (TPSA) is 212 Å². The smallest absolute Gasteiger partial charge is 0.384 e. The summed E-state index contributed by atoms with van der Waals surface area (Å²) in [5.74, 6) is 4.57. The van der Waals surface area contributed by atoms with E-state index in [9.17, 15) is 29.4 Å². The number of phenolic OH excluding ortho intramolecular Hbond substituents is 1. The second-order valence-electron chi connectivity index (χ2n) is 11.4. The van der Waals surface area contributed by atoms with Crippen molar-refractivity contribution in [3.8, 4) is 17.6 Å². The van der Waals surface area contributed by atoms with E-state index in [4.69, 9.17) is 26.9 Å². The van der Waals surface area contributed by atoms with Crippen LogP contribution in [-0.2, 0) is 30.4 Å². The fourth-order valence-electron chi connectivity index (χ4n) is 6.52. The molecule has 0 spiro atoms. The molecule has 0 saturated heterocycles. The molecule has 0 fully saturated rings. The van der Waals surface area contributed by atoms with Gasteiger partial charge in [0.05, 0.1) is 29.5 Å². The number of aromatic hydroxyl groups is 1. The number of ketones is 2. The number of phenols is 1. The summed E-state index contributed by atoms with van der Waals surface area (Å²) in [5.41, 5.74) is 9.89. The van der Waals surface area contributed by atoms with E-state index in [2.05, 4.69) is 11.8 Å². The highest BCUT2D eigenvalue weighted by Gasteiger charge is 2.64. The summed E-state index contributed by atoms with van der Waals surface area (Å²) in [4.78, 5) is 61.1. The normalized spacial score (nSPS) is 24.6. The van der Waals surface area contributed by atoms with Gasteiger partial charge in [0.15, 0.2) is 11.4 Å². The van der Waals surface area contributed by atoms with Crippen molar-refractivity contribution in [1.82, 2.24) is 4.90 Å². The van der Waals surface area contributed by atoms with Crippen LogP contribution in [0.5, 0.6) is 5.75 Å². The minimum absolute atomic E-state index is 0.00523. The van der Waals surface area contributed by atoms with Crippen molar-refractivity contribution in [2.45, 2.75) is 44.2 Å². The minimum atomic E-state index is -2.19. The van der Waals surface area contributed by atoms with Crippen molar-refractivity contribution in [1.29, 1.82) is 0 Å². The molecule has 1 aromatic rings. The molecule has 1 aromatic carbocycles. The Morgan fingerprint density at radius 1 is 1.19 bits per heavy atom. The number of nitrogens with two attached hydrogens (primary N) is 3. The highest BCUT2D eigenvalue weighted by atomic mass is 16.6. The van der Waals surface area contributed by atoms with Gasteiger partial charge in [0, 0.05) is 37.2 Å². The molecule has 230 valence electrons. The first-order chi connectivity index (χ1) is 20.2. The molecule has 0 aromatic heterocycles. The van der Waals surface area contributed by atoms with E-state index in [-0.39, 0.29) is 41.8 Å². The van der Waals surface area contributed by atoms with Gasteiger partial charge in [-0.25, -0.2) is 10.7 Å². The Kier molecular flexibility index (Phi) is 8.60. The number of hydrogen-bond donors (Lipinski definition) is 5. The van der Waals surface area contributed by atoms with Gasteiger partial charge in [-0.05, 0) is 50.9 Å². The number of hydrogen-bond acceptors (Lipinski definition) is 12. The van der Waals surface area contributed by atoms with Crippen LogP contribution in [0, 0.1) is 23.7 Å². The van der Waals surface area contributed by atoms with Crippen LogP contribution in [0.15, 0.2) is 28.7 Å². The Balaban J connectivity index is 1.92. The average molecular weight is 596 g/mol. The van der Waals surface area contributed by atoms with Gasteiger partial charge >= 0.3 is 5.97 Å². The highest BCUT2D eigenvalue weighted by molar-refractivity contribution is 6.25. The zero-order chi connectivity index (χ0) is 32.0. The van der Waals surface area contributed by atoms with Gasteiger partial charge in [-0.15, -0.1) is 0 Å². The van der Waals surface area contributed by atoms with E-state index >= 15 is 0 Å². The lowest BCUT2D eigenvalue weighted by Crippen LogP contribution is -2.67. The number of benzene rings is 1. The number of aliphatic hydroxyl groups is 1. The molecule has 4 rings (SSSR count). The number of anilines is 1. The van der Waals surface area contributed by atoms with E-state index < -0.39 is 64.0 Å². The van der Waals surface area contributed by atoms with Gasteiger partial charge in [0.2, 0.25) is 5.78 Å². The predicted octanol–water partition coefficient (Wildman–Crippen LogP) is 0.180. The summed E-state index contributed by atoms with van der Waals surface area (Å²) in [5, 5.41) is 22.3. The summed E-state index contributed by atoms with van der Waals surface area (Å²) in [7, 11) is 6.80. The maximum Gasteiger partial charge on any atom is 0.384 e. The molecule has 0 radical (unpaired) electrons. The molecule has 0 unspecified atom stereocenters.